The first-order valence-corrected chi connectivity index (χ1v) is 3.55. The maximum Gasteiger partial charge on any atom is 0.397 e. The fourth-order valence-corrected chi connectivity index (χ4v) is 1.10. The van der Waals surface area contributed by atoms with Gasteiger partial charge < -0.3 is 14.2 Å². The minimum Gasteiger partial charge on any atom is -0.367 e. The maximum atomic E-state index is 5.95. The van der Waals surface area contributed by atoms with E-state index in [9.17, 15) is 0 Å². The molecule has 10 heavy (non-hydrogen) atoms. The molecule has 0 amide bonds. The summed E-state index contributed by atoms with van der Waals surface area (Å²) in [7, 11) is 9.74. The molecule has 0 atom stereocenters. The highest BCUT2D eigenvalue weighted by Crippen LogP contribution is 2.05. The molecule has 1 aliphatic rings. The van der Waals surface area contributed by atoms with Crippen molar-refractivity contribution in [1.29, 1.82) is 0 Å². The summed E-state index contributed by atoms with van der Waals surface area (Å²) in [6.07, 6.45) is -0.0591. The zero-order valence-electron chi connectivity index (χ0n) is 6.45. The first-order valence-electron chi connectivity index (χ1n) is 3.11. The number of halogens is 1. The highest BCUT2D eigenvalue weighted by Gasteiger charge is 2.31. The number of hydrogen-bond donors (Lipinski definition) is 0. The van der Waals surface area contributed by atoms with E-state index in [0.717, 1.165) is 0 Å². The average Bonchev–Trinajstić information content (AvgIpc) is 1.82. The predicted molar refractivity (Wildman–Crippen MR) is 46.4 cm³/mol. The summed E-state index contributed by atoms with van der Waals surface area (Å²) < 4.78 is 5.82. The highest BCUT2D eigenvalue weighted by atomic mass is 35.5. The molecule has 0 aromatic rings. The molecule has 0 spiro atoms. The molecule has 0 bridgehead atoms. The van der Waals surface area contributed by atoms with Crippen molar-refractivity contribution in [3.05, 3.63) is 0 Å². The Labute approximate surface area is 68.9 Å². The van der Waals surface area contributed by atoms with Gasteiger partial charge >= 0.3 is 6.40 Å². The second kappa shape index (κ2) is 3.18. The summed E-state index contributed by atoms with van der Waals surface area (Å²) in [5.41, 5.74) is 0. The molecule has 0 unspecified atom stereocenters. The van der Waals surface area contributed by atoms with Crippen LogP contribution in [0.1, 0.15) is 0 Å². The van der Waals surface area contributed by atoms with E-state index in [-0.39, 0.29) is 6.40 Å². The van der Waals surface area contributed by atoms with Gasteiger partial charge in [0.2, 0.25) is 0 Å². The van der Waals surface area contributed by atoms with Crippen LogP contribution in [0, 0.1) is 0 Å². The summed E-state index contributed by atoms with van der Waals surface area (Å²) >= 11 is 5.95. The van der Waals surface area contributed by atoms with Crippen LogP contribution in [0.15, 0.2) is 0 Å². The van der Waals surface area contributed by atoms with Gasteiger partial charge in [0.1, 0.15) is 0 Å². The summed E-state index contributed by atoms with van der Waals surface area (Å²) in [6.45, 7) is 0. The van der Waals surface area contributed by atoms with Gasteiger partial charge in [0.05, 0.1) is 0 Å². The SMILES string of the molecule is CN1[B]N(C)B(Cl)N(C)[B]1. The molecule has 1 fully saturated rings. The lowest BCUT2D eigenvalue weighted by molar-refractivity contribution is 0.592. The summed E-state index contributed by atoms with van der Waals surface area (Å²) in [5.74, 6) is 0. The molecule has 0 saturated carbocycles. The lowest BCUT2D eigenvalue weighted by atomic mass is 9.75. The fraction of sp³-hybridized carbons (Fsp3) is 1.00. The Morgan fingerprint density at radius 3 is 1.90 bits per heavy atom. The topological polar surface area (TPSA) is 9.72 Å². The van der Waals surface area contributed by atoms with Gasteiger partial charge in [-0.3, -0.25) is 0 Å². The van der Waals surface area contributed by atoms with Gasteiger partial charge in [-0.1, -0.05) is 0 Å². The van der Waals surface area contributed by atoms with Crippen molar-refractivity contribution < 1.29 is 0 Å². The molecule has 0 aliphatic carbocycles. The van der Waals surface area contributed by atoms with Crippen molar-refractivity contribution in [2.75, 3.05) is 21.1 Å². The average molecular weight is 155 g/mol. The molecule has 1 saturated heterocycles. The lowest BCUT2D eigenvalue weighted by Gasteiger charge is -2.36. The lowest BCUT2D eigenvalue weighted by Crippen LogP contribution is -2.62. The van der Waals surface area contributed by atoms with Crippen LogP contribution in [0.3, 0.4) is 0 Å². The van der Waals surface area contributed by atoms with E-state index in [1.54, 1.807) is 0 Å². The second-order valence-corrected chi connectivity index (χ2v) is 2.93. The summed E-state index contributed by atoms with van der Waals surface area (Å²) in [4.78, 5) is 0. The van der Waals surface area contributed by atoms with Gasteiger partial charge in [0.25, 0.3) is 15.1 Å². The molecule has 52 valence electrons. The second-order valence-electron chi connectivity index (χ2n) is 2.54. The molecule has 1 aliphatic heterocycles. The third kappa shape index (κ3) is 1.69. The Balaban J connectivity index is 2.49. The van der Waals surface area contributed by atoms with Crippen LogP contribution in [0.4, 0.5) is 0 Å². The number of nitrogens with zero attached hydrogens (tertiary/aromatic N) is 3. The van der Waals surface area contributed by atoms with E-state index in [4.69, 9.17) is 11.5 Å². The quantitative estimate of drug-likeness (QED) is 0.419. The summed E-state index contributed by atoms with van der Waals surface area (Å²) in [5, 5.41) is 0. The Bertz CT molecular complexity index is 114. The van der Waals surface area contributed by atoms with Crippen molar-refractivity contribution in [3.63, 3.8) is 0 Å². The van der Waals surface area contributed by atoms with Gasteiger partial charge in [-0.25, -0.2) is 0 Å². The third-order valence-electron chi connectivity index (χ3n) is 1.40. The van der Waals surface area contributed by atoms with Crippen molar-refractivity contribution in [3.8, 4) is 0 Å². The van der Waals surface area contributed by atoms with E-state index in [1.807, 2.05) is 50.4 Å². The van der Waals surface area contributed by atoms with Gasteiger partial charge in [0.15, 0.2) is 0 Å². The molecule has 0 aromatic carbocycles. The van der Waals surface area contributed by atoms with Crippen LogP contribution in [-0.4, -0.2) is 56.8 Å². The third-order valence-corrected chi connectivity index (χ3v) is 2.02. The van der Waals surface area contributed by atoms with Crippen molar-refractivity contribution in [1.82, 2.24) is 14.2 Å². The molecule has 0 N–H and O–H groups in total. The van der Waals surface area contributed by atoms with Gasteiger partial charge in [0, 0.05) is 0 Å². The zero-order chi connectivity index (χ0) is 7.72. The smallest absolute Gasteiger partial charge is 0.367 e. The molecular formula is C3H9B3ClN3. The number of rotatable bonds is 0. The van der Waals surface area contributed by atoms with Gasteiger partial charge in [-0.15, -0.1) is 0 Å². The minimum atomic E-state index is -0.0591. The van der Waals surface area contributed by atoms with Gasteiger partial charge in [-0.05, 0) is 21.1 Å². The first-order chi connectivity index (χ1) is 4.61. The molecule has 1 rings (SSSR count). The maximum absolute atomic E-state index is 5.95. The van der Waals surface area contributed by atoms with E-state index >= 15 is 0 Å². The monoisotopic (exact) mass is 155 g/mol. The van der Waals surface area contributed by atoms with E-state index < -0.39 is 0 Å². The van der Waals surface area contributed by atoms with Crippen molar-refractivity contribution in [2.45, 2.75) is 0 Å². The number of hydrogen-bond acceptors (Lipinski definition) is 3. The van der Waals surface area contributed by atoms with Crippen molar-refractivity contribution >= 4 is 33.0 Å². The molecule has 3 nitrogen and oxygen atoms in total. The Morgan fingerprint density at radius 1 is 1.10 bits per heavy atom. The van der Waals surface area contributed by atoms with Crippen molar-refractivity contribution in [2.24, 2.45) is 0 Å². The minimum absolute atomic E-state index is 0.0591. The molecule has 1 heterocycles. The normalized spacial score (nSPS) is 24.2. The van der Waals surface area contributed by atoms with Gasteiger partial charge in [-0.2, -0.15) is 11.5 Å². The Morgan fingerprint density at radius 2 is 1.50 bits per heavy atom. The Hall–Kier alpha value is 0.365. The van der Waals surface area contributed by atoms with E-state index in [2.05, 4.69) is 0 Å². The van der Waals surface area contributed by atoms with Crippen LogP contribution < -0.4 is 0 Å². The largest absolute Gasteiger partial charge is 0.397 e. The molecule has 0 aromatic heterocycles. The van der Waals surface area contributed by atoms with Crippen LogP contribution in [-0.2, 0) is 0 Å². The molecule has 2 radical (unpaired) electrons. The van der Waals surface area contributed by atoms with E-state index in [0.29, 0.717) is 0 Å². The van der Waals surface area contributed by atoms with E-state index in [1.165, 1.54) is 0 Å². The molecular weight excluding hydrogens is 146 g/mol. The zero-order valence-corrected chi connectivity index (χ0v) is 7.21. The predicted octanol–water partition coefficient (Wildman–Crippen LogP) is -0.912. The van der Waals surface area contributed by atoms with Crippen LogP contribution in [0.5, 0.6) is 0 Å². The van der Waals surface area contributed by atoms with Crippen LogP contribution >= 0.6 is 11.5 Å². The summed E-state index contributed by atoms with van der Waals surface area (Å²) in [6, 6.07) is 0. The fourth-order valence-electron chi connectivity index (χ4n) is 1.00. The highest BCUT2D eigenvalue weighted by molar-refractivity contribution is 7.08. The van der Waals surface area contributed by atoms with Crippen LogP contribution in [0.2, 0.25) is 0 Å². The Kier molecular flexibility index (Phi) is 2.69. The van der Waals surface area contributed by atoms with Crippen LogP contribution in [0.25, 0.3) is 0 Å². The molecule has 7 heteroatoms. The first kappa shape index (κ1) is 8.46. The standard InChI is InChI=1S/C3H9B3ClN3/c1-8-4-9(2)6(7)10(3)5-8/h1-3H3.